The number of nitrogens with one attached hydrogen (secondary N) is 1. The molecule has 21 heavy (non-hydrogen) atoms. The molecule has 0 aliphatic carbocycles. The molecule has 1 aliphatic heterocycles. The highest BCUT2D eigenvalue weighted by Gasteiger charge is 2.23. The molecule has 1 amide bonds. The first-order valence-electron chi connectivity index (χ1n) is 7.79. The number of hydrogen-bond donors (Lipinski definition) is 1. The molecule has 0 radical (unpaired) electrons. The molecule has 1 N–H and O–H groups in total. The molecule has 0 aromatic heterocycles. The maximum atomic E-state index is 12.8. The second-order valence-corrected chi connectivity index (χ2v) is 6.57. The second kappa shape index (κ2) is 7.28. The minimum atomic E-state index is 0.0946. The van der Waals surface area contributed by atoms with Gasteiger partial charge in [0, 0.05) is 29.2 Å². The van der Waals surface area contributed by atoms with Crippen LogP contribution in [0.25, 0.3) is 0 Å². The Morgan fingerprint density at radius 1 is 1.43 bits per heavy atom. The maximum absolute atomic E-state index is 12.8. The van der Waals surface area contributed by atoms with E-state index in [4.69, 9.17) is 11.6 Å². The lowest BCUT2D eigenvalue weighted by atomic mass is 10.0. The average molecular weight is 309 g/mol. The van der Waals surface area contributed by atoms with Gasteiger partial charge in [-0.3, -0.25) is 4.79 Å². The summed E-state index contributed by atoms with van der Waals surface area (Å²) in [5.74, 6) is 0.0946. The zero-order valence-corrected chi connectivity index (χ0v) is 13.9. The van der Waals surface area contributed by atoms with Crippen molar-refractivity contribution < 1.29 is 4.79 Å². The number of hydrogen-bond acceptors (Lipinski definition) is 2. The number of carbonyl (C=O) groups excluding carboxylic acids is 1. The standard InChI is InChI=1S/C17H25ClN2O/c1-12(2)20(11-15-6-4-5-9-19-15)17(21)14-7-8-16(18)13(3)10-14/h7-8,10,12,15,19H,4-6,9,11H2,1-3H3. The van der Waals surface area contributed by atoms with E-state index in [1.54, 1.807) is 0 Å². The van der Waals surface area contributed by atoms with E-state index >= 15 is 0 Å². The van der Waals surface area contributed by atoms with E-state index in [1.807, 2.05) is 30.0 Å². The number of piperidine rings is 1. The molecular formula is C17H25ClN2O. The van der Waals surface area contributed by atoms with Gasteiger partial charge in [0.2, 0.25) is 0 Å². The number of benzene rings is 1. The molecule has 0 saturated carbocycles. The molecular weight excluding hydrogens is 284 g/mol. The summed E-state index contributed by atoms with van der Waals surface area (Å²) >= 11 is 6.05. The van der Waals surface area contributed by atoms with Crippen LogP contribution in [0.1, 0.15) is 49.0 Å². The Balaban J connectivity index is 2.12. The van der Waals surface area contributed by atoms with E-state index in [0.29, 0.717) is 11.1 Å². The first-order chi connectivity index (χ1) is 9.99. The lowest BCUT2D eigenvalue weighted by molar-refractivity contribution is 0.0676. The quantitative estimate of drug-likeness (QED) is 0.921. The van der Waals surface area contributed by atoms with Gasteiger partial charge < -0.3 is 10.2 Å². The zero-order valence-electron chi connectivity index (χ0n) is 13.2. The molecule has 116 valence electrons. The Labute approximate surface area is 132 Å². The van der Waals surface area contributed by atoms with Gasteiger partial charge in [0.05, 0.1) is 0 Å². The number of rotatable bonds is 4. The molecule has 0 spiro atoms. The number of carbonyl (C=O) groups is 1. The van der Waals surface area contributed by atoms with Crippen LogP contribution in [0.15, 0.2) is 18.2 Å². The number of halogens is 1. The summed E-state index contributed by atoms with van der Waals surface area (Å²) in [4.78, 5) is 14.7. The molecule has 1 heterocycles. The van der Waals surface area contributed by atoms with Crippen LogP contribution in [0.2, 0.25) is 5.02 Å². The lowest BCUT2D eigenvalue weighted by Gasteiger charge is -2.33. The Kier molecular flexibility index (Phi) is 5.65. The van der Waals surface area contributed by atoms with E-state index in [1.165, 1.54) is 12.8 Å². The summed E-state index contributed by atoms with van der Waals surface area (Å²) in [6, 6.07) is 6.12. The number of amides is 1. The third-order valence-electron chi connectivity index (χ3n) is 4.12. The van der Waals surface area contributed by atoms with Crippen molar-refractivity contribution in [1.29, 1.82) is 0 Å². The third-order valence-corrected chi connectivity index (χ3v) is 4.54. The largest absolute Gasteiger partial charge is 0.335 e. The number of aryl methyl sites for hydroxylation is 1. The van der Waals surface area contributed by atoms with E-state index in [-0.39, 0.29) is 11.9 Å². The maximum Gasteiger partial charge on any atom is 0.254 e. The van der Waals surface area contributed by atoms with Crippen LogP contribution in [0.5, 0.6) is 0 Å². The van der Waals surface area contributed by atoms with Crippen LogP contribution >= 0.6 is 11.6 Å². The molecule has 1 saturated heterocycles. The fourth-order valence-electron chi connectivity index (χ4n) is 2.79. The number of nitrogens with zero attached hydrogens (tertiary/aromatic N) is 1. The molecule has 1 fully saturated rings. The second-order valence-electron chi connectivity index (χ2n) is 6.16. The zero-order chi connectivity index (χ0) is 15.4. The minimum absolute atomic E-state index is 0.0946. The molecule has 1 aromatic rings. The van der Waals surface area contributed by atoms with Gasteiger partial charge in [0.15, 0.2) is 0 Å². The van der Waals surface area contributed by atoms with E-state index in [9.17, 15) is 4.79 Å². The molecule has 3 nitrogen and oxygen atoms in total. The van der Waals surface area contributed by atoms with Gasteiger partial charge in [0.25, 0.3) is 5.91 Å². The van der Waals surface area contributed by atoms with Crippen LogP contribution in [0, 0.1) is 6.92 Å². The molecule has 4 heteroatoms. The lowest BCUT2D eigenvalue weighted by Crippen LogP contribution is -2.48. The molecule has 1 aliphatic rings. The highest BCUT2D eigenvalue weighted by atomic mass is 35.5. The van der Waals surface area contributed by atoms with E-state index in [2.05, 4.69) is 19.2 Å². The predicted molar refractivity (Wildman–Crippen MR) is 88.0 cm³/mol. The van der Waals surface area contributed by atoms with Gasteiger partial charge in [-0.1, -0.05) is 18.0 Å². The smallest absolute Gasteiger partial charge is 0.254 e. The first kappa shape index (κ1) is 16.3. The average Bonchev–Trinajstić information content (AvgIpc) is 2.47. The van der Waals surface area contributed by atoms with Crippen molar-refractivity contribution in [3.8, 4) is 0 Å². The molecule has 1 aromatic carbocycles. The van der Waals surface area contributed by atoms with Gasteiger partial charge in [-0.2, -0.15) is 0 Å². The van der Waals surface area contributed by atoms with Gasteiger partial charge in [-0.05, 0) is 63.9 Å². The van der Waals surface area contributed by atoms with Crippen molar-refractivity contribution in [2.45, 2.75) is 52.1 Å². The summed E-state index contributed by atoms with van der Waals surface area (Å²) in [5, 5.41) is 4.22. The minimum Gasteiger partial charge on any atom is -0.335 e. The van der Waals surface area contributed by atoms with E-state index < -0.39 is 0 Å². The normalized spacial score (nSPS) is 18.8. The summed E-state index contributed by atoms with van der Waals surface area (Å²) in [6.07, 6.45) is 3.64. The highest BCUT2D eigenvalue weighted by molar-refractivity contribution is 6.31. The first-order valence-corrected chi connectivity index (χ1v) is 8.17. The molecule has 1 atom stereocenters. The Morgan fingerprint density at radius 2 is 2.19 bits per heavy atom. The third kappa shape index (κ3) is 4.21. The van der Waals surface area contributed by atoms with Crippen LogP contribution < -0.4 is 5.32 Å². The van der Waals surface area contributed by atoms with Crippen molar-refractivity contribution >= 4 is 17.5 Å². The van der Waals surface area contributed by atoms with Crippen molar-refractivity contribution in [1.82, 2.24) is 10.2 Å². The van der Waals surface area contributed by atoms with Gasteiger partial charge in [-0.15, -0.1) is 0 Å². The Hall–Kier alpha value is -1.06. The van der Waals surface area contributed by atoms with Crippen molar-refractivity contribution in [2.75, 3.05) is 13.1 Å². The van der Waals surface area contributed by atoms with Crippen LogP contribution in [-0.4, -0.2) is 36.0 Å². The molecule has 0 bridgehead atoms. The van der Waals surface area contributed by atoms with Crippen molar-refractivity contribution in [2.24, 2.45) is 0 Å². The molecule has 1 unspecified atom stereocenters. The van der Waals surface area contributed by atoms with Gasteiger partial charge in [0.1, 0.15) is 0 Å². The fraction of sp³-hybridized carbons (Fsp3) is 0.588. The Morgan fingerprint density at radius 3 is 2.76 bits per heavy atom. The Bertz CT molecular complexity index is 496. The van der Waals surface area contributed by atoms with Crippen molar-refractivity contribution in [3.63, 3.8) is 0 Å². The predicted octanol–water partition coefficient (Wildman–Crippen LogP) is 3.64. The monoisotopic (exact) mass is 308 g/mol. The fourth-order valence-corrected chi connectivity index (χ4v) is 2.91. The summed E-state index contributed by atoms with van der Waals surface area (Å²) in [6.45, 7) is 7.91. The molecule has 2 rings (SSSR count). The summed E-state index contributed by atoms with van der Waals surface area (Å²) in [7, 11) is 0. The van der Waals surface area contributed by atoms with Crippen LogP contribution in [-0.2, 0) is 0 Å². The van der Waals surface area contributed by atoms with Gasteiger partial charge >= 0.3 is 0 Å². The topological polar surface area (TPSA) is 32.3 Å². The van der Waals surface area contributed by atoms with Gasteiger partial charge in [-0.25, -0.2) is 0 Å². The van der Waals surface area contributed by atoms with Crippen LogP contribution in [0.4, 0.5) is 0 Å². The SMILES string of the molecule is Cc1cc(C(=O)N(CC2CCCCN2)C(C)C)ccc1Cl. The highest BCUT2D eigenvalue weighted by Crippen LogP contribution is 2.19. The summed E-state index contributed by atoms with van der Waals surface area (Å²) in [5.41, 5.74) is 1.67. The van der Waals surface area contributed by atoms with E-state index in [0.717, 1.165) is 30.6 Å². The van der Waals surface area contributed by atoms with Crippen molar-refractivity contribution in [3.05, 3.63) is 34.3 Å². The van der Waals surface area contributed by atoms with Crippen LogP contribution in [0.3, 0.4) is 0 Å². The summed E-state index contributed by atoms with van der Waals surface area (Å²) < 4.78 is 0.